The summed E-state index contributed by atoms with van der Waals surface area (Å²) in [5.41, 5.74) is 0. The summed E-state index contributed by atoms with van der Waals surface area (Å²) in [5.74, 6) is 0.419. The molecule has 0 amide bonds. The first-order chi connectivity index (χ1) is 6.45. The lowest BCUT2D eigenvalue weighted by atomic mass is 9.78. The van der Waals surface area contributed by atoms with Crippen LogP contribution >= 0.6 is 0 Å². The van der Waals surface area contributed by atoms with Crippen LogP contribution in [0.5, 0.6) is 0 Å². The summed E-state index contributed by atoms with van der Waals surface area (Å²) in [7, 11) is 0. The van der Waals surface area contributed by atoms with E-state index in [0.29, 0.717) is 12.8 Å². The monoisotopic (exact) mass is 206 g/mol. The molecule has 1 nitrogen and oxygen atoms in total. The Kier molecular flexibility index (Phi) is 3.43. The average Bonchev–Trinajstić information content (AvgIpc) is 2.15. The minimum Gasteiger partial charge on any atom is -0.380 e. The molecule has 0 aliphatic heterocycles. The summed E-state index contributed by atoms with van der Waals surface area (Å²) in [6.45, 7) is 0. The number of rotatable bonds is 1. The molecule has 3 atom stereocenters. The maximum atomic E-state index is 12.3. The summed E-state index contributed by atoms with van der Waals surface area (Å²) in [5, 5.41) is 9.26. The van der Waals surface area contributed by atoms with Gasteiger partial charge in [-0.05, 0) is 25.2 Å². The Hall–Kier alpha value is -0.690. The third-order valence-electron chi connectivity index (χ3n) is 2.79. The van der Waals surface area contributed by atoms with E-state index < -0.39 is 18.2 Å². The fourth-order valence-electron chi connectivity index (χ4n) is 1.95. The predicted octanol–water partition coefficient (Wildman–Crippen LogP) is 2.35. The lowest BCUT2D eigenvalue weighted by Gasteiger charge is -2.31. The van der Waals surface area contributed by atoms with Gasteiger partial charge in [0.2, 0.25) is 0 Å². The van der Waals surface area contributed by atoms with Crippen LogP contribution in [0.4, 0.5) is 13.2 Å². The topological polar surface area (TPSA) is 20.2 Å². The SMILES string of the molecule is C#CC(O)C1CCCC(C(F)(F)F)C1. The predicted molar refractivity (Wildman–Crippen MR) is 46.3 cm³/mol. The van der Waals surface area contributed by atoms with Gasteiger partial charge in [0.25, 0.3) is 0 Å². The second kappa shape index (κ2) is 4.22. The third-order valence-corrected chi connectivity index (χ3v) is 2.79. The van der Waals surface area contributed by atoms with Gasteiger partial charge in [0.05, 0.1) is 5.92 Å². The largest absolute Gasteiger partial charge is 0.391 e. The first-order valence-corrected chi connectivity index (χ1v) is 4.66. The van der Waals surface area contributed by atoms with E-state index in [4.69, 9.17) is 6.42 Å². The molecule has 3 unspecified atom stereocenters. The number of alkyl halides is 3. The molecule has 0 aromatic carbocycles. The Morgan fingerprint density at radius 2 is 2.00 bits per heavy atom. The highest BCUT2D eigenvalue weighted by atomic mass is 19.4. The Morgan fingerprint density at radius 1 is 1.36 bits per heavy atom. The highest BCUT2D eigenvalue weighted by molar-refractivity contribution is 4.98. The molecule has 1 saturated carbocycles. The van der Waals surface area contributed by atoms with Crippen LogP contribution in [0.15, 0.2) is 0 Å². The molecule has 0 heterocycles. The molecule has 0 spiro atoms. The molecule has 1 N–H and O–H groups in total. The number of halogens is 3. The Labute approximate surface area is 81.3 Å². The van der Waals surface area contributed by atoms with Crippen LogP contribution in [0.25, 0.3) is 0 Å². The molecule has 0 aromatic rings. The van der Waals surface area contributed by atoms with E-state index >= 15 is 0 Å². The molecule has 1 aliphatic carbocycles. The van der Waals surface area contributed by atoms with Crippen molar-refractivity contribution < 1.29 is 18.3 Å². The van der Waals surface area contributed by atoms with Crippen molar-refractivity contribution in [1.29, 1.82) is 0 Å². The maximum Gasteiger partial charge on any atom is 0.391 e. The van der Waals surface area contributed by atoms with E-state index in [0.717, 1.165) is 0 Å². The van der Waals surface area contributed by atoms with Gasteiger partial charge in [-0.15, -0.1) is 6.42 Å². The minimum atomic E-state index is -4.15. The second-order valence-electron chi connectivity index (χ2n) is 3.78. The van der Waals surface area contributed by atoms with Crippen molar-refractivity contribution in [1.82, 2.24) is 0 Å². The van der Waals surface area contributed by atoms with Crippen LogP contribution in [0, 0.1) is 24.2 Å². The van der Waals surface area contributed by atoms with Crippen LogP contribution in [0.2, 0.25) is 0 Å². The van der Waals surface area contributed by atoms with Crippen LogP contribution in [0.1, 0.15) is 25.7 Å². The van der Waals surface area contributed by atoms with Gasteiger partial charge in [-0.25, -0.2) is 0 Å². The van der Waals surface area contributed by atoms with Crippen molar-refractivity contribution >= 4 is 0 Å². The van der Waals surface area contributed by atoms with E-state index in [2.05, 4.69) is 5.92 Å². The molecule has 0 bridgehead atoms. The average molecular weight is 206 g/mol. The van der Waals surface area contributed by atoms with Gasteiger partial charge in [-0.3, -0.25) is 0 Å². The summed E-state index contributed by atoms with van der Waals surface area (Å²) in [6, 6.07) is 0. The molecule has 0 radical (unpaired) electrons. The molecule has 1 rings (SSSR count). The van der Waals surface area contributed by atoms with E-state index in [1.807, 2.05) is 0 Å². The van der Waals surface area contributed by atoms with Crippen LogP contribution in [-0.4, -0.2) is 17.4 Å². The summed E-state index contributed by atoms with van der Waals surface area (Å²) < 4.78 is 37.0. The molecule has 80 valence electrons. The van der Waals surface area contributed by atoms with Crippen molar-refractivity contribution in [2.75, 3.05) is 0 Å². The van der Waals surface area contributed by atoms with Crippen molar-refractivity contribution in [3.8, 4) is 12.3 Å². The minimum absolute atomic E-state index is 0.0329. The van der Waals surface area contributed by atoms with Gasteiger partial charge in [-0.2, -0.15) is 13.2 Å². The highest BCUT2D eigenvalue weighted by Crippen LogP contribution is 2.40. The van der Waals surface area contributed by atoms with Gasteiger partial charge in [0.1, 0.15) is 6.10 Å². The van der Waals surface area contributed by atoms with Gasteiger partial charge < -0.3 is 5.11 Å². The van der Waals surface area contributed by atoms with Crippen LogP contribution in [-0.2, 0) is 0 Å². The Balaban J connectivity index is 2.57. The van der Waals surface area contributed by atoms with E-state index in [9.17, 15) is 18.3 Å². The van der Waals surface area contributed by atoms with E-state index in [-0.39, 0.29) is 18.8 Å². The molecule has 4 heteroatoms. The second-order valence-corrected chi connectivity index (χ2v) is 3.78. The Bertz CT molecular complexity index is 229. The highest BCUT2D eigenvalue weighted by Gasteiger charge is 2.43. The van der Waals surface area contributed by atoms with Crippen LogP contribution in [0.3, 0.4) is 0 Å². The summed E-state index contributed by atoms with van der Waals surface area (Å²) >= 11 is 0. The fourth-order valence-corrected chi connectivity index (χ4v) is 1.95. The number of terminal acetylenes is 1. The van der Waals surface area contributed by atoms with Gasteiger partial charge >= 0.3 is 6.18 Å². The molecule has 14 heavy (non-hydrogen) atoms. The van der Waals surface area contributed by atoms with E-state index in [1.165, 1.54) is 0 Å². The summed E-state index contributed by atoms with van der Waals surface area (Å²) in [4.78, 5) is 0. The first-order valence-electron chi connectivity index (χ1n) is 4.66. The lowest BCUT2D eigenvalue weighted by Crippen LogP contribution is -2.33. The van der Waals surface area contributed by atoms with Gasteiger partial charge in [0, 0.05) is 0 Å². The molecule has 1 aliphatic rings. The van der Waals surface area contributed by atoms with Crippen molar-refractivity contribution in [3.63, 3.8) is 0 Å². The maximum absolute atomic E-state index is 12.3. The van der Waals surface area contributed by atoms with Gasteiger partial charge in [-0.1, -0.05) is 12.3 Å². The standard InChI is InChI=1S/C10H13F3O/c1-2-9(14)7-4-3-5-8(6-7)10(11,12)13/h1,7-9,14H,3-6H2. The molecule has 1 fully saturated rings. The smallest absolute Gasteiger partial charge is 0.380 e. The number of aliphatic hydroxyl groups is 1. The van der Waals surface area contributed by atoms with Crippen molar-refractivity contribution in [2.24, 2.45) is 11.8 Å². The third kappa shape index (κ3) is 2.65. The van der Waals surface area contributed by atoms with E-state index in [1.54, 1.807) is 0 Å². The molecule has 0 aromatic heterocycles. The van der Waals surface area contributed by atoms with Crippen molar-refractivity contribution in [3.05, 3.63) is 0 Å². The zero-order chi connectivity index (χ0) is 10.8. The number of hydrogen-bond acceptors (Lipinski definition) is 1. The molecular formula is C10H13F3O. The molecule has 0 saturated heterocycles. The summed E-state index contributed by atoms with van der Waals surface area (Å²) in [6.07, 6.45) is 1.02. The molecular weight excluding hydrogens is 193 g/mol. The zero-order valence-electron chi connectivity index (χ0n) is 7.72. The van der Waals surface area contributed by atoms with Crippen molar-refractivity contribution in [2.45, 2.75) is 38.0 Å². The first kappa shape index (κ1) is 11.4. The van der Waals surface area contributed by atoms with Gasteiger partial charge in [0.15, 0.2) is 0 Å². The van der Waals surface area contributed by atoms with Crippen LogP contribution < -0.4 is 0 Å². The zero-order valence-corrected chi connectivity index (χ0v) is 7.72. The number of hydrogen-bond donors (Lipinski definition) is 1. The quantitative estimate of drug-likeness (QED) is 0.653. The fraction of sp³-hybridized carbons (Fsp3) is 0.800. The lowest BCUT2D eigenvalue weighted by molar-refractivity contribution is -0.187. The normalized spacial score (nSPS) is 30.8. The Morgan fingerprint density at radius 3 is 2.50 bits per heavy atom. The number of aliphatic hydroxyl groups excluding tert-OH is 1.